The highest BCUT2D eigenvalue weighted by atomic mass is 79.9. The summed E-state index contributed by atoms with van der Waals surface area (Å²) in [5.41, 5.74) is 6.52. The van der Waals surface area contributed by atoms with Crippen molar-refractivity contribution < 1.29 is 4.42 Å². The Hall–Kier alpha value is -1.06. The fraction of sp³-hybridized carbons (Fsp3) is 0.0909. The van der Waals surface area contributed by atoms with Crippen molar-refractivity contribution in [3.8, 4) is 11.3 Å². The molecule has 0 aliphatic carbocycles. The van der Waals surface area contributed by atoms with Crippen LogP contribution in [0.5, 0.6) is 0 Å². The van der Waals surface area contributed by atoms with Gasteiger partial charge in [-0.2, -0.15) is 0 Å². The van der Waals surface area contributed by atoms with Crippen molar-refractivity contribution in [3.63, 3.8) is 0 Å². The third kappa shape index (κ3) is 1.89. The summed E-state index contributed by atoms with van der Waals surface area (Å²) in [6.45, 7) is 0.438. The third-order valence-corrected chi connectivity index (χ3v) is 2.47. The van der Waals surface area contributed by atoms with E-state index in [4.69, 9.17) is 10.2 Å². The van der Waals surface area contributed by atoms with Crippen molar-refractivity contribution in [1.29, 1.82) is 0 Å². The van der Waals surface area contributed by atoms with E-state index in [1.165, 1.54) is 0 Å². The van der Waals surface area contributed by atoms with Gasteiger partial charge in [-0.15, -0.1) is 0 Å². The minimum absolute atomic E-state index is 0.438. The summed E-state index contributed by atoms with van der Waals surface area (Å²) in [7, 11) is 0. The van der Waals surface area contributed by atoms with Crippen molar-refractivity contribution in [2.24, 2.45) is 5.73 Å². The minimum Gasteiger partial charge on any atom is -0.460 e. The fourth-order valence-electron chi connectivity index (χ4n) is 1.28. The molecule has 0 amide bonds. The van der Waals surface area contributed by atoms with Crippen LogP contribution in [0.1, 0.15) is 5.76 Å². The molecule has 3 heteroatoms. The van der Waals surface area contributed by atoms with Crippen LogP contribution in [0.25, 0.3) is 11.3 Å². The van der Waals surface area contributed by atoms with Gasteiger partial charge in [0.2, 0.25) is 0 Å². The summed E-state index contributed by atoms with van der Waals surface area (Å²) in [4.78, 5) is 0. The van der Waals surface area contributed by atoms with Crippen molar-refractivity contribution in [2.75, 3.05) is 0 Å². The zero-order valence-corrected chi connectivity index (χ0v) is 9.12. The van der Waals surface area contributed by atoms with E-state index in [1.807, 2.05) is 36.4 Å². The average Bonchev–Trinajstić information content (AvgIpc) is 2.66. The molecule has 0 saturated heterocycles. The number of nitrogens with two attached hydrogens (primary N) is 1. The standard InChI is InChI=1S/C11H10BrNO/c12-9-3-1-2-8(6-9)11-5-4-10(7-13)14-11/h1-6H,7,13H2. The molecule has 2 rings (SSSR count). The number of hydrogen-bond acceptors (Lipinski definition) is 2. The summed E-state index contributed by atoms with van der Waals surface area (Å²) in [6.07, 6.45) is 0. The van der Waals surface area contributed by atoms with Crippen LogP contribution >= 0.6 is 15.9 Å². The maximum Gasteiger partial charge on any atom is 0.134 e. The SMILES string of the molecule is NCc1ccc(-c2cccc(Br)c2)o1. The second-order valence-electron chi connectivity index (χ2n) is 2.98. The van der Waals surface area contributed by atoms with E-state index in [0.29, 0.717) is 6.54 Å². The Labute approximate surface area is 90.9 Å². The smallest absolute Gasteiger partial charge is 0.134 e. The van der Waals surface area contributed by atoms with Gasteiger partial charge in [-0.3, -0.25) is 0 Å². The topological polar surface area (TPSA) is 39.2 Å². The predicted octanol–water partition coefficient (Wildman–Crippen LogP) is 3.17. The lowest BCUT2D eigenvalue weighted by molar-refractivity contribution is 0.525. The van der Waals surface area contributed by atoms with Gasteiger partial charge in [0.15, 0.2) is 0 Å². The van der Waals surface area contributed by atoms with Crippen molar-refractivity contribution in [2.45, 2.75) is 6.54 Å². The summed E-state index contributed by atoms with van der Waals surface area (Å²) in [5, 5.41) is 0. The van der Waals surface area contributed by atoms with Crippen LogP contribution in [0.4, 0.5) is 0 Å². The molecule has 0 spiro atoms. The number of benzene rings is 1. The van der Waals surface area contributed by atoms with Crippen LogP contribution in [0, 0.1) is 0 Å². The molecule has 2 N–H and O–H groups in total. The first-order valence-corrected chi connectivity index (χ1v) is 5.13. The third-order valence-electron chi connectivity index (χ3n) is 1.97. The minimum atomic E-state index is 0.438. The Morgan fingerprint density at radius 3 is 2.71 bits per heavy atom. The van der Waals surface area contributed by atoms with Crippen LogP contribution in [0.2, 0.25) is 0 Å². The van der Waals surface area contributed by atoms with Crippen molar-refractivity contribution >= 4 is 15.9 Å². The Bertz CT molecular complexity index is 436. The zero-order valence-electron chi connectivity index (χ0n) is 7.53. The molecule has 14 heavy (non-hydrogen) atoms. The van der Waals surface area contributed by atoms with Gasteiger partial charge in [-0.25, -0.2) is 0 Å². The quantitative estimate of drug-likeness (QED) is 0.891. The van der Waals surface area contributed by atoms with Gasteiger partial charge in [0.1, 0.15) is 11.5 Å². The van der Waals surface area contributed by atoms with Crippen LogP contribution in [-0.2, 0) is 6.54 Å². The van der Waals surface area contributed by atoms with Gasteiger partial charge in [-0.05, 0) is 24.3 Å². The molecule has 1 heterocycles. The van der Waals surface area contributed by atoms with E-state index < -0.39 is 0 Å². The second-order valence-corrected chi connectivity index (χ2v) is 3.90. The monoisotopic (exact) mass is 251 g/mol. The molecule has 0 unspecified atom stereocenters. The molecule has 0 aliphatic heterocycles. The molecular formula is C11H10BrNO. The Morgan fingerprint density at radius 1 is 1.21 bits per heavy atom. The first-order chi connectivity index (χ1) is 6.79. The highest BCUT2D eigenvalue weighted by Crippen LogP contribution is 2.24. The number of rotatable bonds is 2. The summed E-state index contributed by atoms with van der Waals surface area (Å²) in [5.74, 6) is 1.66. The zero-order chi connectivity index (χ0) is 9.97. The van der Waals surface area contributed by atoms with Crippen LogP contribution in [0.15, 0.2) is 45.3 Å². The summed E-state index contributed by atoms with van der Waals surface area (Å²) < 4.78 is 6.57. The Kier molecular flexibility index (Phi) is 2.70. The van der Waals surface area contributed by atoms with Gasteiger partial charge in [0.25, 0.3) is 0 Å². The molecule has 0 aliphatic rings. The summed E-state index contributed by atoms with van der Waals surface area (Å²) in [6, 6.07) is 11.8. The Morgan fingerprint density at radius 2 is 2.07 bits per heavy atom. The van der Waals surface area contributed by atoms with E-state index in [9.17, 15) is 0 Å². The maximum atomic E-state index is 5.53. The predicted molar refractivity (Wildman–Crippen MR) is 59.7 cm³/mol. The molecule has 1 aromatic carbocycles. The lowest BCUT2D eigenvalue weighted by Crippen LogP contribution is -1.92. The summed E-state index contributed by atoms with van der Waals surface area (Å²) >= 11 is 3.42. The van der Waals surface area contributed by atoms with Crippen molar-refractivity contribution in [1.82, 2.24) is 0 Å². The molecule has 2 nitrogen and oxygen atoms in total. The number of halogens is 1. The van der Waals surface area contributed by atoms with E-state index in [1.54, 1.807) is 0 Å². The van der Waals surface area contributed by atoms with Gasteiger partial charge >= 0.3 is 0 Å². The molecule has 1 aromatic heterocycles. The first-order valence-electron chi connectivity index (χ1n) is 4.34. The molecule has 72 valence electrons. The maximum absolute atomic E-state index is 5.53. The lowest BCUT2D eigenvalue weighted by Gasteiger charge is -1.97. The van der Waals surface area contributed by atoms with E-state index in [0.717, 1.165) is 21.6 Å². The van der Waals surface area contributed by atoms with Gasteiger partial charge in [0, 0.05) is 10.0 Å². The molecule has 2 aromatic rings. The molecule has 0 fully saturated rings. The van der Waals surface area contributed by atoms with Gasteiger partial charge < -0.3 is 10.2 Å². The van der Waals surface area contributed by atoms with Crippen LogP contribution in [-0.4, -0.2) is 0 Å². The van der Waals surface area contributed by atoms with Gasteiger partial charge in [-0.1, -0.05) is 28.1 Å². The van der Waals surface area contributed by atoms with Gasteiger partial charge in [0.05, 0.1) is 6.54 Å². The fourth-order valence-corrected chi connectivity index (χ4v) is 1.68. The second kappa shape index (κ2) is 3.98. The number of hydrogen-bond donors (Lipinski definition) is 1. The van der Waals surface area contributed by atoms with Crippen LogP contribution < -0.4 is 5.73 Å². The average molecular weight is 252 g/mol. The van der Waals surface area contributed by atoms with Crippen molar-refractivity contribution in [3.05, 3.63) is 46.6 Å². The highest BCUT2D eigenvalue weighted by Gasteiger charge is 2.03. The molecule has 0 saturated carbocycles. The number of furan rings is 1. The lowest BCUT2D eigenvalue weighted by atomic mass is 10.2. The van der Waals surface area contributed by atoms with Crippen LogP contribution in [0.3, 0.4) is 0 Å². The van der Waals surface area contributed by atoms with E-state index in [-0.39, 0.29) is 0 Å². The Balaban J connectivity index is 2.39. The molecule has 0 atom stereocenters. The van der Waals surface area contributed by atoms with E-state index >= 15 is 0 Å². The molecule has 0 radical (unpaired) electrons. The first kappa shape index (κ1) is 9.49. The largest absolute Gasteiger partial charge is 0.460 e. The normalized spacial score (nSPS) is 10.4. The highest BCUT2D eigenvalue weighted by molar-refractivity contribution is 9.10. The molecular weight excluding hydrogens is 242 g/mol. The van der Waals surface area contributed by atoms with E-state index in [2.05, 4.69) is 15.9 Å². The molecule has 0 bridgehead atoms.